The number of methoxy groups -OCH3 is 2. The normalized spacial score (nSPS) is 18.2. The first kappa shape index (κ1) is 23.5. The molecule has 1 aliphatic rings. The van der Waals surface area contributed by atoms with Gasteiger partial charge in [-0.15, -0.1) is 0 Å². The summed E-state index contributed by atoms with van der Waals surface area (Å²) >= 11 is 0. The highest BCUT2D eigenvalue weighted by atomic mass is 19.1. The van der Waals surface area contributed by atoms with E-state index in [4.69, 9.17) is 14.2 Å². The summed E-state index contributed by atoms with van der Waals surface area (Å²) in [4.78, 5) is 27.9. The highest BCUT2D eigenvalue weighted by molar-refractivity contribution is 5.97. The molecular formula is C24H27F2NO5. The van der Waals surface area contributed by atoms with Crippen LogP contribution in [0.3, 0.4) is 0 Å². The van der Waals surface area contributed by atoms with Crippen molar-refractivity contribution in [3.05, 3.63) is 59.2 Å². The largest absolute Gasteiger partial charge is 0.497 e. The minimum atomic E-state index is -1.14. The number of piperidine rings is 1. The molecule has 6 nitrogen and oxygen atoms in total. The smallest absolute Gasteiger partial charge is 0.314 e. The second-order valence-corrected chi connectivity index (χ2v) is 7.81. The SMILES string of the molecule is CCOC(=O)C1(Cc2ccc(F)cc2F)CCCN(C(=O)c2ccc(OC)cc2OC)C1. The molecule has 0 saturated carbocycles. The monoisotopic (exact) mass is 447 g/mol. The Morgan fingerprint density at radius 2 is 1.88 bits per heavy atom. The van der Waals surface area contributed by atoms with Crippen LogP contribution in [0.1, 0.15) is 35.7 Å². The van der Waals surface area contributed by atoms with Gasteiger partial charge in [0.25, 0.3) is 5.91 Å². The maximum absolute atomic E-state index is 14.4. The quantitative estimate of drug-likeness (QED) is 0.600. The van der Waals surface area contributed by atoms with Gasteiger partial charge in [0, 0.05) is 25.2 Å². The Kier molecular flexibility index (Phi) is 7.33. The zero-order chi connectivity index (χ0) is 23.3. The van der Waals surface area contributed by atoms with Crippen molar-refractivity contribution in [3.63, 3.8) is 0 Å². The predicted octanol–water partition coefficient (Wildman–Crippen LogP) is 4.01. The number of rotatable bonds is 7. The number of esters is 1. The second-order valence-electron chi connectivity index (χ2n) is 7.81. The molecule has 2 aromatic carbocycles. The molecule has 0 N–H and O–H groups in total. The summed E-state index contributed by atoms with van der Waals surface area (Å²) in [7, 11) is 2.98. The standard InChI is InChI=1S/C24H27F2NO5/c1-4-32-23(29)24(14-16-6-7-17(25)12-20(16)26)10-5-11-27(15-24)22(28)19-9-8-18(30-2)13-21(19)31-3/h6-9,12-13H,4-5,10-11,14-15H2,1-3H3. The maximum atomic E-state index is 14.4. The van der Waals surface area contributed by atoms with Gasteiger partial charge in [0.1, 0.15) is 23.1 Å². The Bertz CT molecular complexity index is 996. The van der Waals surface area contributed by atoms with Crippen LogP contribution in [0.2, 0.25) is 0 Å². The van der Waals surface area contributed by atoms with Gasteiger partial charge < -0.3 is 19.1 Å². The van der Waals surface area contributed by atoms with Gasteiger partial charge in [-0.2, -0.15) is 0 Å². The van der Waals surface area contributed by atoms with E-state index in [1.54, 1.807) is 30.0 Å². The van der Waals surface area contributed by atoms with Crippen LogP contribution in [0.5, 0.6) is 11.5 Å². The Morgan fingerprint density at radius 3 is 2.53 bits per heavy atom. The topological polar surface area (TPSA) is 65.1 Å². The molecule has 172 valence electrons. The highest BCUT2D eigenvalue weighted by Crippen LogP contribution is 2.37. The molecule has 1 atom stereocenters. The third kappa shape index (κ3) is 4.84. The van der Waals surface area contributed by atoms with Crippen LogP contribution in [0.25, 0.3) is 0 Å². The first-order valence-electron chi connectivity index (χ1n) is 10.5. The van der Waals surface area contributed by atoms with Gasteiger partial charge in [0.05, 0.1) is 31.8 Å². The van der Waals surface area contributed by atoms with Crippen molar-refractivity contribution in [3.8, 4) is 11.5 Å². The molecule has 3 rings (SSSR count). The number of amides is 1. The molecule has 1 aliphatic heterocycles. The summed E-state index contributed by atoms with van der Waals surface area (Å²) in [6.07, 6.45) is 0.958. The number of benzene rings is 2. The van der Waals surface area contributed by atoms with Crippen molar-refractivity contribution in [2.24, 2.45) is 5.41 Å². The van der Waals surface area contributed by atoms with E-state index >= 15 is 0 Å². The molecule has 1 unspecified atom stereocenters. The van der Waals surface area contributed by atoms with E-state index < -0.39 is 23.0 Å². The van der Waals surface area contributed by atoms with Gasteiger partial charge in [-0.25, -0.2) is 8.78 Å². The maximum Gasteiger partial charge on any atom is 0.314 e. The molecule has 0 bridgehead atoms. The number of carbonyl (C=O) groups excluding carboxylic acids is 2. The molecule has 0 aromatic heterocycles. The number of hydrogen-bond donors (Lipinski definition) is 0. The molecule has 32 heavy (non-hydrogen) atoms. The highest BCUT2D eigenvalue weighted by Gasteiger charge is 2.45. The zero-order valence-electron chi connectivity index (χ0n) is 18.5. The fraction of sp³-hybridized carbons (Fsp3) is 0.417. The average Bonchev–Trinajstić information content (AvgIpc) is 2.80. The predicted molar refractivity (Wildman–Crippen MR) is 114 cm³/mol. The number of halogens is 2. The van der Waals surface area contributed by atoms with Crippen LogP contribution in [0, 0.1) is 17.0 Å². The van der Waals surface area contributed by atoms with Crippen molar-refractivity contribution >= 4 is 11.9 Å². The van der Waals surface area contributed by atoms with E-state index in [1.165, 1.54) is 20.3 Å². The minimum absolute atomic E-state index is 0.00146. The molecule has 1 fully saturated rings. The Morgan fingerprint density at radius 1 is 1.09 bits per heavy atom. The molecule has 1 saturated heterocycles. The number of hydrogen-bond acceptors (Lipinski definition) is 5. The fourth-order valence-electron chi connectivity index (χ4n) is 4.15. The summed E-state index contributed by atoms with van der Waals surface area (Å²) in [6, 6.07) is 8.17. The lowest BCUT2D eigenvalue weighted by Gasteiger charge is -2.41. The van der Waals surface area contributed by atoms with Gasteiger partial charge >= 0.3 is 5.97 Å². The van der Waals surface area contributed by atoms with Crippen molar-refractivity contribution in [2.75, 3.05) is 33.9 Å². The molecular weight excluding hydrogens is 420 g/mol. The van der Waals surface area contributed by atoms with Crippen LogP contribution in [-0.2, 0) is 16.0 Å². The molecule has 0 radical (unpaired) electrons. The summed E-state index contributed by atoms with van der Waals surface area (Å²) in [5, 5.41) is 0. The van der Waals surface area contributed by atoms with Crippen molar-refractivity contribution < 1.29 is 32.6 Å². The lowest BCUT2D eigenvalue weighted by atomic mass is 9.74. The molecule has 1 amide bonds. The first-order chi connectivity index (χ1) is 15.3. The summed E-state index contributed by atoms with van der Waals surface area (Å²) in [5.74, 6) is -1.33. The third-order valence-electron chi connectivity index (χ3n) is 5.76. The van der Waals surface area contributed by atoms with Crippen molar-refractivity contribution in [2.45, 2.75) is 26.2 Å². The van der Waals surface area contributed by atoms with Gasteiger partial charge in [-0.05, 0) is 49.9 Å². The lowest BCUT2D eigenvalue weighted by Crippen LogP contribution is -2.51. The molecule has 2 aromatic rings. The molecule has 0 aliphatic carbocycles. The van der Waals surface area contributed by atoms with Gasteiger partial charge in [0.15, 0.2) is 0 Å². The summed E-state index contributed by atoms with van der Waals surface area (Å²) < 4.78 is 43.6. The number of nitrogens with zero attached hydrogens (tertiary/aromatic N) is 1. The first-order valence-corrected chi connectivity index (χ1v) is 10.5. The van der Waals surface area contributed by atoms with Crippen LogP contribution >= 0.6 is 0 Å². The van der Waals surface area contributed by atoms with Gasteiger partial charge in [-0.1, -0.05) is 6.07 Å². The van der Waals surface area contributed by atoms with E-state index in [-0.39, 0.29) is 31.0 Å². The average molecular weight is 447 g/mol. The van der Waals surface area contributed by atoms with Crippen LogP contribution in [0.4, 0.5) is 8.78 Å². The van der Waals surface area contributed by atoms with E-state index in [9.17, 15) is 18.4 Å². The lowest BCUT2D eigenvalue weighted by molar-refractivity contribution is -0.158. The molecule has 1 heterocycles. The number of likely N-dealkylation sites (tertiary alicyclic amines) is 1. The minimum Gasteiger partial charge on any atom is -0.497 e. The van der Waals surface area contributed by atoms with E-state index in [1.807, 2.05) is 0 Å². The van der Waals surface area contributed by atoms with E-state index in [0.717, 1.165) is 12.1 Å². The van der Waals surface area contributed by atoms with Gasteiger partial charge in [0.2, 0.25) is 0 Å². The zero-order valence-corrected chi connectivity index (χ0v) is 18.5. The molecule has 8 heteroatoms. The van der Waals surface area contributed by atoms with Gasteiger partial charge in [-0.3, -0.25) is 9.59 Å². The Balaban J connectivity index is 1.93. The number of carbonyl (C=O) groups is 2. The van der Waals surface area contributed by atoms with Crippen molar-refractivity contribution in [1.29, 1.82) is 0 Å². The third-order valence-corrected chi connectivity index (χ3v) is 5.76. The van der Waals surface area contributed by atoms with Crippen molar-refractivity contribution in [1.82, 2.24) is 4.90 Å². The second kappa shape index (κ2) is 9.97. The Hall–Kier alpha value is -3.16. The summed E-state index contributed by atoms with van der Waals surface area (Å²) in [6.45, 7) is 2.34. The van der Waals surface area contributed by atoms with Crippen LogP contribution < -0.4 is 9.47 Å². The van der Waals surface area contributed by atoms with Crippen LogP contribution in [0.15, 0.2) is 36.4 Å². The van der Waals surface area contributed by atoms with Crippen LogP contribution in [-0.4, -0.2) is 50.7 Å². The summed E-state index contributed by atoms with van der Waals surface area (Å²) in [5.41, 5.74) is -0.598. The fourth-order valence-corrected chi connectivity index (χ4v) is 4.15. The van der Waals surface area contributed by atoms with E-state index in [2.05, 4.69) is 0 Å². The van der Waals surface area contributed by atoms with E-state index in [0.29, 0.717) is 36.4 Å². The Labute approximate surface area is 186 Å². The molecule has 0 spiro atoms. The number of ether oxygens (including phenoxy) is 3.